The van der Waals surface area contributed by atoms with Gasteiger partial charge in [0.05, 0.1) is 46.1 Å². The molecule has 8 nitrogen and oxygen atoms in total. The molecule has 1 aliphatic rings. The SMILES string of the molecule is CCS(=O)(=O)Nc1cc2oc(-c3ccc(F)cc3)c(C(=O)NC)c2cc1-c1ccc2c(n1)-c1cc3c(F)cccc3n1CC2F. The van der Waals surface area contributed by atoms with Crippen LogP contribution in [0, 0.1) is 11.6 Å². The van der Waals surface area contributed by atoms with Gasteiger partial charge in [-0.15, -0.1) is 0 Å². The van der Waals surface area contributed by atoms with Crippen LogP contribution in [0.5, 0.6) is 0 Å². The van der Waals surface area contributed by atoms with Gasteiger partial charge in [0, 0.05) is 40.6 Å². The first-order valence-corrected chi connectivity index (χ1v) is 15.8. The van der Waals surface area contributed by atoms with Crippen LogP contribution in [-0.2, 0) is 16.6 Å². The summed E-state index contributed by atoms with van der Waals surface area (Å²) in [5.74, 6) is -1.45. The predicted octanol–water partition coefficient (Wildman–Crippen LogP) is 7.21. The molecule has 4 heterocycles. The summed E-state index contributed by atoms with van der Waals surface area (Å²) in [6, 6.07) is 17.9. The van der Waals surface area contributed by atoms with Crippen LogP contribution in [0.3, 0.4) is 0 Å². The Kier molecular flexibility index (Phi) is 6.70. The number of benzene rings is 3. The number of sulfonamides is 1. The van der Waals surface area contributed by atoms with E-state index in [1.54, 1.807) is 41.0 Å². The Hall–Kier alpha value is -5.10. The number of carbonyl (C=O) groups excluding carboxylic acids is 1. The second-order valence-electron chi connectivity index (χ2n) is 10.7. The lowest BCUT2D eigenvalue weighted by molar-refractivity contribution is 0.0964. The number of fused-ring (bicyclic) bond motifs is 6. The zero-order valence-corrected chi connectivity index (χ0v) is 24.8. The number of hydrogen-bond acceptors (Lipinski definition) is 5. The summed E-state index contributed by atoms with van der Waals surface area (Å²) in [6.07, 6.45) is -1.42. The number of rotatable bonds is 6. The molecule has 0 saturated carbocycles. The van der Waals surface area contributed by atoms with Gasteiger partial charge in [-0.1, -0.05) is 12.1 Å². The quantitative estimate of drug-likeness (QED) is 0.202. The van der Waals surface area contributed by atoms with Gasteiger partial charge in [0.15, 0.2) is 0 Å². The van der Waals surface area contributed by atoms with E-state index in [0.29, 0.717) is 38.7 Å². The maximum Gasteiger partial charge on any atom is 0.255 e. The van der Waals surface area contributed by atoms with Gasteiger partial charge in [0.2, 0.25) is 10.0 Å². The Bertz CT molecular complexity index is 2280. The number of alkyl halides is 1. The Labute approximate surface area is 255 Å². The molecule has 0 bridgehead atoms. The Morgan fingerprint density at radius 2 is 1.82 bits per heavy atom. The third-order valence-electron chi connectivity index (χ3n) is 8.05. The molecule has 1 atom stereocenters. The summed E-state index contributed by atoms with van der Waals surface area (Å²) in [4.78, 5) is 18.0. The van der Waals surface area contributed by atoms with Crippen LogP contribution in [0.15, 0.2) is 77.2 Å². The molecule has 1 unspecified atom stereocenters. The van der Waals surface area contributed by atoms with E-state index >= 15 is 4.39 Å². The van der Waals surface area contributed by atoms with Crippen molar-refractivity contribution in [1.29, 1.82) is 0 Å². The van der Waals surface area contributed by atoms with Crippen molar-refractivity contribution in [1.82, 2.24) is 14.9 Å². The number of halogens is 3. The van der Waals surface area contributed by atoms with Crippen molar-refractivity contribution in [3.63, 3.8) is 0 Å². The molecule has 0 saturated heterocycles. The number of amides is 1. The van der Waals surface area contributed by atoms with Gasteiger partial charge in [-0.3, -0.25) is 9.52 Å². The average Bonchev–Trinajstić information content (AvgIpc) is 3.59. The maximum absolute atomic E-state index is 15.5. The van der Waals surface area contributed by atoms with E-state index in [4.69, 9.17) is 9.40 Å². The number of nitrogens with zero attached hydrogens (tertiary/aromatic N) is 2. The van der Waals surface area contributed by atoms with Crippen molar-refractivity contribution in [2.75, 3.05) is 17.5 Å². The van der Waals surface area contributed by atoms with Crippen LogP contribution < -0.4 is 10.0 Å². The van der Waals surface area contributed by atoms with Crippen LogP contribution in [-0.4, -0.2) is 36.7 Å². The van der Waals surface area contributed by atoms with Crippen LogP contribution in [0.1, 0.15) is 29.0 Å². The molecule has 0 fully saturated rings. The first kappa shape index (κ1) is 28.7. The summed E-state index contributed by atoms with van der Waals surface area (Å²) < 4.78 is 79.8. The Balaban J connectivity index is 1.49. The second-order valence-corrected chi connectivity index (χ2v) is 12.7. The van der Waals surface area contributed by atoms with E-state index in [9.17, 15) is 22.0 Å². The Morgan fingerprint density at radius 1 is 1.04 bits per heavy atom. The molecule has 0 spiro atoms. The highest BCUT2D eigenvalue weighted by molar-refractivity contribution is 7.92. The minimum atomic E-state index is -3.80. The van der Waals surface area contributed by atoms with Gasteiger partial charge < -0.3 is 14.3 Å². The highest BCUT2D eigenvalue weighted by atomic mass is 32.2. The molecule has 12 heteroatoms. The van der Waals surface area contributed by atoms with Gasteiger partial charge in [-0.25, -0.2) is 26.6 Å². The van der Waals surface area contributed by atoms with Crippen LogP contribution in [0.25, 0.3) is 55.8 Å². The molecule has 228 valence electrons. The molecule has 2 N–H and O–H groups in total. The van der Waals surface area contributed by atoms with E-state index in [-0.39, 0.29) is 46.3 Å². The number of nitrogens with one attached hydrogen (secondary N) is 2. The molecule has 3 aromatic heterocycles. The van der Waals surface area contributed by atoms with Crippen molar-refractivity contribution < 1.29 is 30.8 Å². The van der Waals surface area contributed by atoms with E-state index in [2.05, 4.69) is 10.0 Å². The topological polar surface area (TPSA) is 106 Å². The average molecular weight is 631 g/mol. The van der Waals surface area contributed by atoms with Crippen LogP contribution in [0.4, 0.5) is 18.9 Å². The standard InChI is InChI=1S/C33H25F3N4O4S/c1-3-45(42,43)39-26-15-29-22(30(33(41)37-2)32(44-29)17-7-9-18(34)10-8-17)13-21(26)25-12-11-19-24(36)16-40-27-6-4-5-23(35)20(27)14-28(40)31(19)38-25/h4-15,24,39H,3,16H2,1-2H3,(H,37,41). The van der Waals surface area contributed by atoms with Crippen molar-refractivity contribution in [3.05, 3.63) is 95.6 Å². The largest absolute Gasteiger partial charge is 0.455 e. The summed E-state index contributed by atoms with van der Waals surface area (Å²) in [6.45, 7) is 1.47. The van der Waals surface area contributed by atoms with E-state index < -0.39 is 33.7 Å². The summed E-state index contributed by atoms with van der Waals surface area (Å²) in [7, 11) is -2.34. The molecule has 3 aromatic carbocycles. The number of aromatic nitrogens is 2. The van der Waals surface area contributed by atoms with Gasteiger partial charge in [0.25, 0.3) is 5.91 Å². The predicted molar refractivity (Wildman–Crippen MR) is 166 cm³/mol. The highest BCUT2D eigenvalue weighted by Gasteiger charge is 2.30. The molecule has 0 aliphatic carbocycles. The third-order valence-corrected chi connectivity index (χ3v) is 9.34. The molecule has 0 radical (unpaired) electrons. The number of carbonyl (C=O) groups is 1. The smallest absolute Gasteiger partial charge is 0.255 e. The minimum Gasteiger partial charge on any atom is -0.455 e. The van der Waals surface area contributed by atoms with E-state index in [1.165, 1.54) is 50.4 Å². The Morgan fingerprint density at radius 3 is 2.56 bits per heavy atom. The van der Waals surface area contributed by atoms with Gasteiger partial charge >= 0.3 is 0 Å². The third kappa shape index (κ3) is 4.72. The fourth-order valence-corrected chi connectivity index (χ4v) is 6.46. The number of pyridine rings is 1. The minimum absolute atomic E-state index is 0.0134. The fourth-order valence-electron chi connectivity index (χ4n) is 5.81. The number of hydrogen-bond donors (Lipinski definition) is 2. The molecule has 6 aromatic rings. The molecule has 45 heavy (non-hydrogen) atoms. The second kappa shape index (κ2) is 10.5. The molecular weight excluding hydrogens is 605 g/mol. The van der Waals surface area contributed by atoms with Crippen molar-refractivity contribution >= 4 is 43.5 Å². The summed E-state index contributed by atoms with van der Waals surface area (Å²) in [5.41, 5.74) is 3.15. The maximum atomic E-state index is 15.5. The summed E-state index contributed by atoms with van der Waals surface area (Å²) >= 11 is 0. The van der Waals surface area contributed by atoms with Crippen molar-refractivity contribution in [2.24, 2.45) is 0 Å². The van der Waals surface area contributed by atoms with Gasteiger partial charge in [-0.05, 0) is 61.5 Å². The van der Waals surface area contributed by atoms with Crippen molar-refractivity contribution in [2.45, 2.75) is 19.6 Å². The first-order chi connectivity index (χ1) is 21.6. The van der Waals surface area contributed by atoms with Gasteiger partial charge in [-0.2, -0.15) is 0 Å². The zero-order chi connectivity index (χ0) is 31.6. The molecule has 7 rings (SSSR count). The lowest BCUT2D eigenvalue weighted by Crippen LogP contribution is -2.18. The number of furan rings is 1. The fraction of sp³-hybridized carbons (Fsp3) is 0.152. The zero-order valence-electron chi connectivity index (χ0n) is 24.0. The lowest BCUT2D eigenvalue weighted by atomic mass is 9.98. The first-order valence-electron chi connectivity index (χ1n) is 14.1. The highest BCUT2D eigenvalue weighted by Crippen LogP contribution is 2.43. The molecular formula is C33H25F3N4O4S. The van der Waals surface area contributed by atoms with Crippen LogP contribution >= 0.6 is 0 Å². The van der Waals surface area contributed by atoms with Crippen molar-refractivity contribution in [3.8, 4) is 34.0 Å². The normalized spacial score (nSPS) is 14.4. The number of anilines is 1. The van der Waals surface area contributed by atoms with Crippen LogP contribution in [0.2, 0.25) is 0 Å². The molecule has 1 aliphatic heterocycles. The van der Waals surface area contributed by atoms with Gasteiger partial charge in [0.1, 0.15) is 29.1 Å². The van der Waals surface area contributed by atoms with E-state index in [1.807, 2.05) is 0 Å². The van der Waals surface area contributed by atoms with E-state index in [0.717, 1.165) is 0 Å². The monoisotopic (exact) mass is 630 g/mol. The molecule has 1 amide bonds. The lowest BCUT2D eigenvalue weighted by Gasteiger charge is -2.23. The summed E-state index contributed by atoms with van der Waals surface area (Å²) in [5, 5.41) is 3.28.